The summed E-state index contributed by atoms with van der Waals surface area (Å²) in [5, 5.41) is 14.0. The molecule has 0 radical (unpaired) electrons. The van der Waals surface area contributed by atoms with E-state index in [1.807, 2.05) is 38.1 Å². The van der Waals surface area contributed by atoms with Crippen LogP contribution in [-0.4, -0.2) is 52.1 Å². The highest BCUT2D eigenvalue weighted by molar-refractivity contribution is 6.00. The maximum Gasteiger partial charge on any atom is 0.345 e. The molecule has 1 heterocycles. The first-order valence-electron chi connectivity index (χ1n) is 13.3. The lowest BCUT2D eigenvalue weighted by molar-refractivity contribution is -0.137. The molecule has 4 N–H and O–H groups in total. The van der Waals surface area contributed by atoms with Crippen molar-refractivity contribution in [2.24, 2.45) is 10.7 Å². The lowest BCUT2D eigenvalue weighted by Crippen LogP contribution is -2.52. The molecule has 2 aromatic carbocycles. The van der Waals surface area contributed by atoms with Gasteiger partial charge in [0.2, 0.25) is 5.91 Å². The number of hydrogen-bond acceptors (Lipinski definition) is 6. The number of halogens is 2. The van der Waals surface area contributed by atoms with E-state index in [2.05, 4.69) is 15.0 Å². The Morgan fingerprint density at radius 3 is 2.59 bits per heavy atom. The second-order valence-electron chi connectivity index (χ2n) is 10.5. The summed E-state index contributed by atoms with van der Waals surface area (Å²) in [4.78, 5) is 32.7. The molecule has 0 spiro atoms. The largest absolute Gasteiger partial charge is 0.387 e. The zero-order valence-electron chi connectivity index (χ0n) is 22.5. The molecule has 10 heteroatoms. The minimum Gasteiger partial charge on any atom is -0.387 e. The van der Waals surface area contributed by atoms with E-state index < -0.39 is 35.7 Å². The Morgan fingerprint density at radius 1 is 1.21 bits per heavy atom. The fourth-order valence-electron chi connectivity index (χ4n) is 5.67. The zero-order valence-corrected chi connectivity index (χ0v) is 22.5. The SMILES string of the molecule is CCC1(CC)CC(=O)N(C(CCOC(F)F)c2cccc(C(=O)N[C@@H]3c4ccccc4C[C@]3(C)O)c2)C(N)=N1. The van der Waals surface area contributed by atoms with Crippen LogP contribution in [0.1, 0.15) is 85.6 Å². The summed E-state index contributed by atoms with van der Waals surface area (Å²) in [6.07, 6.45) is 1.84. The average molecular weight is 543 g/mol. The highest BCUT2D eigenvalue weighted by atomic mass is 19.3. The highest BCUT2D eigenvalue weighted by Gasteiger charge is 2.42. The van der Waals surface area contributed by atoms with Crippen LogP contribution in [0.3, 0.4) is 0 Å². The van der Waals surface area contributed by atoms with Gasteiger partial charge in [0.05, 0.1) is 36.3 Å². The molecule has 0 saturated carbocycles. The number of carbonyl (C=O) groups is 2. The summed E-state index contributed by atoms with van der Waals surface area (Å²) in [6.45, 7) is 2.29. The van der Waals surface area contributed by atoms with Gasteiger partial charge < -0.3 is 20.9 Å². The molecule has 8 nitrogen and oxygen atoms in total. The minimum atomic E-state index is -2.96. The van der Waals surface area contributed by atoms with Gasteiger partial charge in [0.1, 0.15) is 0 Å². The van der Waals surface area contributed by atoms with Gasteiger partial charge in [-0.2, -0.15) is 8.78 Å². The summed E-state index contributed by atoms with van der Waals surface area (Å²) in [5.74, 6) is -0.656. The van der Waals surface area contributed by atoms with Gasteiger partial charge in [-0.15, -0.1) is 0 Å². The van der Waals surface area contributed by atoms with Crippen molar-refractivity contribution in [2.45, 2.75) is 82.7 Å². The molecule has 1 aliphatic carbocycles. The number of alkyl halides is 2. The van der Waals surface area contributed by atoms with Crippen molar-refractivity contribution in [2.75, 3.05) is 6.61 Å². The number of fused-ring (bicyclic) bond motifs is 1. The molecule has 210 valence electrons. The normalized spacial score (nSPS) is 22.9. The van der Waals surface area contributed by atoms with Gasteiger partial charge in [0.25, 0.3) is 5.91 Å². The minimum absolute atomic E-state index is 0.0189. The quantitative estimate of drug-likeness (QED) is 0.415. The Morgan fingerprint density at radius 2 is 1.92 bits per heavy atom. The number of nitrogens with two attached hydrogens (primary N) is 1. The number of ether oxygens (including phenoxy) is 1. The predicted octanol–water partition coefficient (Wildman–Crippen LogP) is 4.24. The van der Waals surface area contributed by atoms with Gasteiger partial charge in [-0.25, -0.2) is 4.99 Å². The summed E-state index contributed by atoms with van der Waals surface area (Å²) < 4.78 is 30.1. The monoisotopic (exact) mass is 542 g/mol. The molecule has 0 fully saturated rings. The number of aliphatic imine (C=N–C) groups is 1. The average Bonchev–Trinajstić information content (AvgIpc) is 3.16. The van der Waals surface area contributed by atoms with Crippen LogP contribution in [0, 0.1) is 0 Å². The molecule has 4 rings (SSSR count). The van der Waals surface area contributed by atoms with Gasteiger partial charge in [-0.3, -0.25) is 14.5 Å². The van der Waals surface area contributed by atoms with E-state index in [1.165, 1.54) is 4.90 Å². The van der Waals surface area contributed by atoms with Crippen LogP contribution in [-0.2, 0) is 16.0 Å². The third kappa shape index (κ3) is 5.96. The molecule has 0 bridgehead atoms. The maximum atomic E-state index is 13.4. The lowest BCUT2D eigenvalue weighted by Gasteiger charge is -2.40. The fraction of sp³-hybridized carbons (Fsp3) is 0.483. The Balaban J connectivity index is 1.63. The summed E-state index contributed by atoms with van der Waals surface area (Å²) in [5.41, 5.74) is 7.19. The number of nitrogens with zero attached hydrogens (tertiary/aromatic N) is 2. The van der Waals surface area contributed by atoms with Crippen molar-refractivity contribution in [3.8, 4) is 0 Å². The smallest absolute Gasteiger partial charge is 0.345 e. The van der Waals surface area contributed by atoms with E-state index in [0.29, 0.717) is 30.4 Å². The number of guanidine groups is 1. The van der Waals surface area contributed by atoms with Crippen LogP contribution in [0.2, 0.25) is 0 Å². The molecule has 1 aliphatic heterocycles. The topological polar surface area (TPSA) is 117 Å². The Labute approximate surface area is 227 Å². The summed E-state index contributed by atoms with van der Waals surface area (Å²) in [7, 11) is 0. The van der Waals surface area contributed by atoms with Crippen LogP contribution in [0.15, 0.2) is 53.5 Å². The van der Waals surface area contributed by atoms with Crippen molar-refractivity contribution in [1.82, 2.24) is 10.2 Å². The van der Waals surface area contributed by atoms with E-state index in [1.54, 1.807) is 31.2 Å². The van der Waals surface area contributed by atoms with E-state index in [9.17, 15) is 23.5 Å². The fourth-order valence-corrected chi connectivity index (χ4v) is 5.67. The number of nitrogens with one attached hydrogen (secondary N) is 1. The zero-order chi connectivity index (χ0) is 28.4. The Bertz CT molecular complexity index is 1250. The summed E-state index contributed by atoms with van der Waals surface area (Å²) in [6, 6.07) is 12.8. The van der Waals surface area contributed by atoms with Crippen molar-refractivity contribution >= 4 is 17.8 Å². The van der Waals surface area contributed by atoms with E-state index >= 15 is 0 Å². The van der Waals surface area contributed by atoms with Crippen LogP contribution < -0.4 is 11.1 Å². The predicted molar refractivity (Wildman–Crippen MR) is 143 cm³/mol. The van der Waals surface area contributed by atoms with Gasteiger partial charge in [0, 0.05) is 12.0 Å². The number of aliphatic hydroxyl groups is 1. The van der Waals surface area contributed by atoms with Crippen molar-refractivity contribution in [1.29, 1.82) is 0 Å². The molecule has 39 heavy (non-hydrogen) atoms. The van der Waals surface area contributed by atoms with Crippen LogP contribution >= 0.6 is 0 Å². The first-order chi connectivity index (χ1) is 18.5. The Hall–Kier alpha value is -3.37. The van der Waals surface area contributed by atoms with Crippen molar-refractivity contribution in [3.05, 3.63) is 70.8 Å². The number of rotatable bonds is 10. The maximum absolute atomic E-state index is 13.4. The number of carbonyl (C=O) groups excluding carboxylic acids is 2. The highest BCUT2D eigenvalue weighted by Crippen LogP contribution is 2.39. The molecule has 3 atom stereocenters. The number of amides is 2. The molecule has 1 unspecified atom stereocenters. The molecule has 0 aromatic heterocycles. The molecular weight excluding hydrogens is 506 g/mol. The first-order valence-corrected chi connectivity index (χ1v) is 13.3. The van der Waals surface area contributed by atoms with Gasteiger partial charge in [0.15, 0.2) is 5.96 Å². The van der Waals surface area contributed by atoms with Crippen LogP contribution in [0.25, 0.3) is 0 Å². The second-order valence-corrected chi connectivity index (χ2v) is 10.5. The third-order valence-corrected chi connectivity index (χ3v) is 7.96. The van der Waals surface area contributed by atoms with Crippen LogP contribution in [0.4, 0.5) is 8.78 Å². The molecule has 2 amide bonds. The van der Waals surface area contributed by atoms with Gasteiger partial charge in [-0.05, 0) is 55.0 Å². The third-order valence-electron chi connectivity index (χ3n) is 7.96. The number of hydrogen-bond donors (Lipinski definition) is 3. The molecular formula is C29H36F2N4O4. The van der Waals surface area contributed by atoms with E-state index in [4.69, 9.17) is 5.73 Å². The van der Waals surface area contributed by atoms with Gasteiger partial charge in [-0.1, -0.05) is 50.2 Å². The van der Waals surface area contributed by atoms with Gasteiger partial charge >= 0.3 is 6.61 Å². The molecule has 2 aliphatic rings. The summed E-state index contributed by atoms with van der Waals surface area (Å²) >= 11 is 0. The standard InChI is InChI=1S/C29H36F2N4O4/c1-4-29(5-2)17-23(36)35(27(32)34-29)22(13-14-39-26(30)31)18-10-8-11-19(15-18)25(37)33-24-21-12-7-6-9-20(21)16-28(24,3)38/h6-12,15,22,24,26,38H,4-5,13-14,16-17H2,1-3H3,(H2,32,34)(H,33,37)/t22?,24-,28+/m1/s1. The molecule has 2 aromatic rings. The van der Waals surface area contributed by atoms with Crippen molar-refractivity contribution in [3.63, 3.8) is 0 Å². The van der Waals surface area contributed by atoms with E-state index in [-0.39, 0.29) is 31.3 Å². The second kappa shape index (κ2) is 11.4. The first kappa shape index (κ1) is 28.6. The van der Waals surface area contributed by atoms with Crippen LogP contribution in [0.5, 0.6) is 0 Å². The number of benzene rings is 2. The lowest BCUT2D eigenvalue weighted by atomic mass is 9.87. The Kier molecular flexibility index (Phi) is 8.37. The molecule has 0 saturated heterocycles. The van der Waals surface area contributed by atoms with E-state index in [0.717, 1.165) is 11.1 Å². The van der Waals surface area contributed by atoms with Crippen molar-refractivity contribution < 1.29 is 28.2 Å².